The summed E-state index contributed by atoms with van der Waals surface area (Å²) in [6, 6.07) is 20.9. The molecule has 6 rings (SSSR count). The van der Waals surface area contributed by atoms with E-state index in [2.05, 4.69) is 10.5 Å². The minimum Gasteiger partial charge on any atom is -0.360 e. The minimum atomic E-state index is -0.426. The molecule has 2 heterocycles. The summed E-state index contributed by atoms with van der Waals surface area (Å²) in [7, 11) is 0. The highest BCUT2D eigenvalue weighted by atomic mass is 19.1. The lowest BCUT2D eigenvalue weighted by molar-refractivity contribution is 0.0951. The fourth-order valence-electron chi connectivity index (χ4n) is 4.62. The number of rotatable bonds is 7. The second-order valence-corrected chi connectivity index (χ2v) is 9.44. The molecule has 3 aromatic carbocycles. The molecule has 1 N–H and O–H groups in total. The number of para-hydroxylation sites is 1. The van der Waals surface area contributed by atoms with E-state index in [1.54, 1.807) is 37.4 Å². The van der Waals surface area contributed by atoms with E-state index in [0.717, 1.165) is 24.0 Å². The first-order valence-electron chi connectivity index (χ1n) is 12.3. The van der Waals surface area contributed by atoms with Crippen molar-refractivity contribution in [2.24, 2.45) is 5.92 Å². The van der Waals surface area contributed by atoms with Crippen LogP contribution < -0.4 is 5.32 Å². The molecule has 1 aliphatic carbocycles. The van der Waals surface area contributed by atoms with E-state index in [-0.39, 0.29) is 17.3 Å². The highest BCUT2D eigenvalue weighted by Gasteiger charge is 2.27. The number of aryl methyl sites for hydroxylation is 1. The number of fused-ring (bicyclic) bond motifs is 1. The quantitative estimate of drug-likeness (QED) is 0.278. The molecule has 1 fully saturated rings. The molecule has 0 atom stereocenters. The van der Waals surface area contributed by atoms with Gasteiger partial charge in [-0.15, -0.1) is 0 Å². The van der Waals surface area contributed by atoms with E-state index in [1.165, 1.54) is 12.1 Å². The van der Waals surface area contributed by atoms with Crippen LogP contribution in [0.4, 0.5) is 4.39 Å². The molecule has 0 spiro atoms. The Hall–Kier alpha value is -4.52. The molecule has 6 nitrogen and oxygen atoms in total. The number of halogens is 1. The van der Waals surface area contributed by atoms with Crippen molar-refractivity contribution in [1.82, 2.24) is 15.0 Å². The van der Waals surface area contributed by atoms with Gasteiger partial charge in [-0.2, -0.15) is 0 Å². The second-order valence-electron chi connectivity index (χ2n) is 9.44. The van der Waals surface area contributed by atoms with Crippen molar-refractivity contribution in [3.8, 4) is 16.9 Å². The summed E-state index contributed by atoms with van der Waals surface area (Å²) in [5.41, 5.74) is 3.59. The Morgan fingerprint density at radius 3 is 2.62 bits per heavy atom. The maximum absolute atomic E-state index is 14.0. The predicted octanol–water partition coefficient (Wildman–Crippen LogP) is 6.10. The van der Waals surface area contributed by atoms with Gasteiger partial charge >= 0.3 is 0 Å². The van der Waals surface area contributed by atoms with E-state index in [0.29, 0.717) is 46.0 Å². The van der Waals surface area contributed by atoms with Crippen LogP contribution in [0.5, 0.6) is 0 Å². The van der Waals surface area contributed by atoms with Gasteiger partial charge in [0, 0.05) is 40.5 Å². The molecular formula is C30H24FN3O3. The molecule has 2 aromatic heterocycles. The van der Waals surface area contributed by atoms with Crippen LogP contribution in [0.15, 0.2) is 83.5 Å². The van der Waals surface area contributed by atoms with Crippen molar-refractivity contribution in [2.75, 3.05) is 6.54 Å². The Labute approximate surface area is 212 Å². The molecule has 1 amide bonds. The maximum atomic E-state index is 14.0. The largest absolute Gasteiger partial charge is 0.360 e. The summed E-state index contributed by atoms with van der Waals surface area (Å²) in [6.07, 6.45) is 4.08. The van der Waals surface area contributed by atoms with E-state index >= 15 is 0 Å². The first kappa shape index (κ1) is 22.9. The van der Waals surface area contributed by atoms with Gasteiger partial charge in [-0.05, 0) is 62.1 Å². The summed E-state index contributed by atoms with van der Waals surface area (Å²) >= 11 is 0. The summed E-state index contributed by atoms with van der Waals surface area (Å²) in [4.78, 5) is 26.8. The van der Waals surface area contributed by atoms with Gasteiger partial charge in [0.05, 0.1) is 11.1 Å². The van der Waals surface area contributed by atoms with Gasteiger partial charge in [-0.3, -0.25) is 9.59 Å². The first-order valence-corrected chi connectivity index (χ1v) is 12.3. The monoisotopic (exact) mass is 493 g/mol. The molecular weight excluding hydrogens is 469 g/mol. The Morgan fingerprint density at radius 1 is 1.05 bits per heavy atom. The zero-order valence-corrected chi connectivity index (χ0v) is 20.2. The summed E-state index contributed by atoms with van der Waals surface area (Å²) in [5.74, 6) is 0.0734. The predicted molar refractivity (Wildman–Crippen MR) is 138 cm³/mol. The molecule has 0 radical (unpaired) electrons. The number of carbonyl (C=O) groups is 2. The average molecular weight is 494 g/mol. The Kier molecular flexibility index (Phi) is 5.68. The number of aromatic nitrogens is 2. The van der Waals surface area contributed by atoms with Gasteiger partial charge in [-0.1, -0.05) is 41.6 Å². The van der Waals surface area contributed by atoms with Crippen molar-refractivity contribution in [2.45, 2.75) is 19.8 Å². The number of carbonyl (C=O) groups excluding carboxylic acids is 2. The highest BCUT2D eigenvalue weighted by molar-refractivity contribution is 6.19. The lowest BCUT2D eigenvalue weighted by Gasteiger charge is -2.07. The molecule has 5 aromatic rings. The fraction of sp³-hybridized carbons (Fsp3) is 0.167. The Balaban J connectivity index is 1.47. The van der Waals surface area contributed by atoms with E-state index in [9.17, 15) is 14.0 Å². The average Bonchev–Trinajstić information content (AvgIpc) is 3.55. The molecule has 0 bridgehead atoms. The number of nitrogens with one attached hydrogen (secondary N) is 1. The number of hydrogen-bond acceptors (Lipinski definition) is 4. The smallest absolute Gasteiger partial charge is 0.251 e. The second kappa shape index (κ2) is 9.17. The molecule has 184 valence electrons. The Bertz CT molecular complexity index is 1650. The molecule has 0 saturated heterocycles. The lowest BCUT2D eigenvalue weighted by Crippen LogP contribution is -2.25. The number of hydrogen-bond donors (Lipinski definition) is 1. The third kappa shape index (κ3) is 4.33. The summed E-state index contributed by atoms with van der Waals surface area (Å²) in [6.45, 7) is 2.34. The topological polar surface area (TPSA) is 77.1 Å². The molecule has 0 unspecified atom stereocenters. The molecule has 37 heavy (non-hydrogen) atoms. The van der Waals surface area contributed by atoms with E-state index in [1.807, 2.05) is 41.0 Å². The number of benzene rings is 3. The summed E-state index contributed by atoms with van der Waals surface area (Å²) in [5, 5.41) is 7.77. The zero-order valence-electron chi connectivity index (χ0n) is 20.2. The lowest BCUT2D eigenvalue weighted by atomic mass is 9.97. The molecule has 1 saturated carbocycles. The summed E-state index contributed by atoms with van der Waals surface area (Å²) < 4.78 is 21.2. The van der Waals surface area contributed by atoms with Crippen molar-refractivity contribution >= 4 is 22.6 Å². The van der Waals surface area contributed by atoms with Crippen LogP contribution in [-0.2, 0) is 0 Å². The number of amides is 1. The third-order valence-electron chi connectivity index (χ3n) is 6.78. The van der Waals surface area contributed by atoms with Crippen molar-refractivity contribution in [3.05, 3.63) is 107 Å². The van der Waals surface area contributed by atoms with Gasteiger partial charge in [0.1, 0.15) is 17.3 Å². The van der Waals surface area contributed by atoms with Gasteiger partial charge < -0.3 is 14.4 Å². The third-order valence-corrected chi connectivity index (χ3v) is 6.78. The van der Waals surface area contributed by atoms with Crippen LogP contribution in [-0.4, -0.2) is 28.0 Å². The van der Waals surface area contributed by atoms with Crippen LogP contribution in [0.2, 0.25) is 0 Å². The fourth-order valence-corrected chi connectivity index (χ4v) is 4.62. The van der Waals surface area contributed by atoms with Crippen LogP contribution in [0.3, 0.4) is 0 Å². The molecule has 0 aliphatic heterocycles. The highest BCUT2D eigenvalue weighted by Crippen LogP contribution is 2.33. The van der Waals surface area contributed by atoms with Crippen LogP contribution in [0.25, 0.3) is 27.8 Å². The Morgan fingerprint density at radius 2 is 1.86 bits per heavy atom. The van der Waals surface area contributed by atoms with Gasteiger partial charge in [0.2, 0.25) is 5.78 Å². The molecule has 7 heteroatoms. The van der Waals surface area contributed by atoms with Crippen molar-refractivity contribution < 1.29 is 18.5 Å². The number of nitrogens with zero attached hydrogens (tertiary/aromatic N) is 2. The first-order chi connectivity index (χ1) is 18.0. The van der Waals surface area contributed by atoms with Gasteiger partial charge in [0.15, 0.2) is 0 Å². The van der Waals surface area contributed by atoms with Crippen LogP contribution in [0.1, 0.15) is 44.9 Å². The molecule has 1 aliphatic rings. The van der Waals surface area contributed by atoms with Crippen LogP contribution in [0, 0.1) is 18.7 Å². The number of ketones is 1. The van der Waals surface area contributed by atoms with E-state index < -0.39 is 5.82 Å². The SMILES string of the molecule is Cc1onc(-c2cccc(F)c2)c1C(=O)c1cn(-c2ccccc2)c2cc(C(=O)NCC3CC3)ccc12. The van der Waals surface area contributed by atoms with Crippen molar-refractivity contribution in [3.63, 3.8) is 0 Å². The minimum absolute atomic E-state index is 0.134. The maximum Gasteiger partial charge on any atom is 0.251 e. The van der Waals surface area contributed by atoms with E-state index in [4.69, 9.17) is 4.52 Å². The normalized spacial score (nSPS) is 13.1. The zero-order chi connectivity index (χ0) is 25.5. The van der Waals surface area contributed by atoms with Crippen molar-refractivity contribution in [1.29, 1.82) is 0 Å². The van der Waals surface area contributed by atoms with Gasteiger partial charge in [0.25, 0.3) is 5.91 Å². The standard InChI is InChI=1S/C30H24FN3O3/c1-18-27(28(33-37-18)20-6-5-7-22(31)14-20)29(35)25-17-34(23-8-3-2-4-9-23)26-15-21(12-13-24(25)26)30(36)32-16-19-10-11-19/h2-9,12-15,17,19H,10-11,16H2,1H3,(H,32,36). The van der Waals surface area contributed by atoms with Crippen LogP contribution >= 0.6 is 0 Å². The van der Waals surface area contributed by atoms with Gasteiger partial charge in [-0.25, -0.2) is 4.39 Å².